The Labute approximate surface area is 223 Å². The highest BCUT2D eigenvalue weighted by Crippen LogP contribution is 2.19. The van der Waals surface area contributed by atoms with Crippen molar-refractivity contribution in [2.45, 2.75) is 63.7 Å². The number of benzene rings is 1. The highest BCUT2D eigenvalue weighted by atomic mass is 16.4. The lowest BCUT2D eigenvalue weighted by atomic mass is 10.0. The first-order valence-electron chi connectivity index (χ1n) is 12.2. The summed E-state index contributed by atoms with van der Waals surface area (Å²) in [6.45, 7) is 3.22. The van der Waals surface area contributed by atoms with Crippen LogP contribution in [0.5, 0.6) is 0 Å². The topological polar surface area (TPSA) is 247 Å². The van der Waals surface area contributed by atoms with E-state index in [9.17, 15) is 33.9 Å². The molecule has 14 nitrogen and oxygen atoms in total. The van der Waals surface area contributed by atoms with E-state index in [0.717, 1.165) is 10.9 Å². The summed E-state index contributed by atoms with van der Waals surface area (Å²) in [5, 5.41) is 26.3. The molecule has 10 N–H and O–H groups in total. The first-order chi connectivity index (χ1) is 18.3. The number of aromatic amines is 1. The van der Waals surface area contributed by atoms with Crippen molar-refractivity contribution in [2.75, 3.05) is 0 Å². The molecule has 0 aliphatic rings. The molecule has 14 heteroatoms. The van der Waals surface area contributed by atoms with E-state index < -0.39 is 78.5 Å². The molecule has 4 atom stereocenters. The van der Waals surface area contributed by atoms with Gasteiger partial charge in [0.1, 0.15) is 18.1 Å². The van der Waals surface area contributed by atoms with Crippen LogP contribution in [-0.2, 0) is 35.2 Å². The molecule has 0 spiro atoms. The first kappa shape index (κ1) is 30.8. The van der Waals surface area contributed by atoms with Crippen molar-refractivity contribution in [2.24, 2.45) is 17.4 Å². The van der Waals surface area contributed by atoms with Gasteiger partial charge in [0.15, 0.2) is 0 Å². The SMILES string of the molecule is CC(C)C(NC(=O)C(Cc1c[nH]c2ccccc12)NC(=O)C(CC(N)=O)NC(=O)C(N)CCC(=O)O)C(=O)O. The number of aliphatic carboxylic acids is 2. The van der Waals surface area contributed by atoms with E-state index in [1.165, 1.54) is 0 Å². The van der Waals surface area contributed by atoms with Crippen molar-refractivity contribution in [3.05, 3.63) is 36.0 Å². The van der Waals surface area contributed by atoms with E-state index in [4.69, 9.17) is 16.6 Å². The predicted molar refractivity (Wildman–Crippen MR) is 139 cm³/mol. The first-order valence-corrected chi connectivity index (χ1v) is 12.2. The van der Waals surface area contributed by atoms with Crippen molar-refractivity contribution >= 4 is 46.5 Å². The quantitative estimate of drug-likeness (QED) is 0.136. The van der Waals surface area contributed by atoms with Crippen LogP contribution in [0.3, 0.4) is 0 Å². The number of amides is 4. The number of carboxylic acids is 2. The zero-order valence-electron chi connectivity index (χ0n) is 21.6. The average molecular weight is 547 g/mol. The molecule has 0 aliphatic carbocycles. The highest BCUT2D eigenvalue weighted by molar-refractivity contribution is 5.96. The Morgan fingerprint density at radius 2 is 1.54 bits per heavy atom. The van der Waals surface area contributed by atoms with Gasteiger partial charge >= 0.3 is 11.9 Å². The molecule has 0 saturated carbocycles. The molecular formula is C25H34N6O8. The van der Waals surface area contributed by atoms with Gasteiger partial charge in [0, 0.05) is 29.9 Å². The second kappa shape index (κ2) is 13.9. The lowest BCUT2D eigenvalue weighted by Gasteiger charge is -2.25. The summed E-state index contributed by atoms with van der Waals surface area (Å²) >= 11 is 0. The summed E-state index contributed by atoms with van der Waals surface area (Å²) < 4.78 is 0. The molecule has 0 aliphatic heterocycles. The summed E-state index contributed by atoms with van der Waals surface area (Å²) in [7, 11) is 0. The molecule has 2 aromatic rings. The lowest BCUT2D eigenvalue weighted by Crippen LogP contribution is -2.58. The summed E-state index contributed by atoms with van der Waals surface area (Å²) in [6.07, 6.45) is 0.353. The number of nitrogens with one attached hydrogen (secondary N) is 4. The summed E-state index contributed by atoms with van der Waals surface area (Å²) in [6, 6.07) is 1.88. The van der Waals surface area contributed by atoms with Gasteiger partial charge < -0.3 is 42.6 Å². The summed E-state index contributed by atoms with van der Waals surface area (Å²) in [4.78, 5) is 76.0. The fourth-order valence-corrected chi connectivity index (χ4v) is 3.87. The second-order valence-electron chi connectivity index (χ2n) is 9.46. The molecular weight excluding hydrogens is 512 g/mol. The van der Waals surface area contributed by atoms with Gasteiger partial charge in [-0.3, -0.25) is 24.0 Å². The van der Waals surface area contributed by atoms with Crippen molar-refractivity contribution in [1.29, 1.82) is 0 Å². The Bertz CT molecular complexity index is 1230. The number of hydrogen-bond donors (Lipinski definition) is 8. The minimum Gasteiger partial charge on any atom is -0.481 e. The average Bonchev–Trinajstić information content (AvgIpc) is 3.26. The molecule has 4 unspecified atom stereocenters. The van der Waals surface area contributed by atoms with Crippen molar-refractivity contribution in [1.82, 2.24) is 20.9 Å². The molecule has 0 bridgehead atoms. The monoisotopic (exact) mass is 546 g/mol. The molecule has 0 saturated heterocycles. The number of rotatable bonds is 15. The lowest BCUT2D eigenvalue weighted by molar-refractivity contribution is -0.143. The van der Waals surface area contributed by atoms with Crippen molar-refractivity contribution < 1.29 is 39.0 Å². The van der Waals surface area contributed by atoms with E-state index in [1.807, 2.05) is 12.1 Å². The molecule has 0 radical (unpaired) electrons. The highest BCUT2D eigenvalue weighted by Gasteiger charge is 2.32. The van der Waals surface area contributed by atoms with E-state index in [2.05, 4.69) is 20.9 Å². The van der Waals surface area contributed by atoms with Crippen molar-refractivity contribution in [3.8, 4) is 0 Å². The molecule has 0 fully saturated rings. The molecule has 1 aromatic heterocycles. The van der Waals surface area contributed by atoms with Crippen LogP contribution in [0.15, 0.2) is 30.5 Å². The molecule has 39 heavy (non-hydrogen) atoms. The molecule has 212 valence electrons. The van der Waals surface area contributed by atoms with Gasteiger partial charge in [-0.2, -0.15) is 0 Å². The molecule has 4 amide bonds. The van der Waals surface area contributed by atoms with Gasteiger partial charge in [0.2, 0.25) is 23.6 Å². The third-order valence-corrected chi connectivity index (χ3v) is 6.01. The van der Waals surface area contributed by atoms with Gasteiger partial charge in [0.25, 0.3) is 0 Å². The third-order valence-electron chi connectivity index (χ3n) is 6.01. The Kier molecular flexibility index (Phi) is 11.0. The van der Waals surface area contributed by atoms with Gasteiger partial charge in [-0.25, -0.2) is 4.79 Å². The Morgan fingerprint density at radius 1 is 0.923 bits per heavy atom. The van der Waals surface area contributed by atoms with E-state index >= 15 is 0 Å². The van der Waals surface area contributed by atoms with Gasteiger partial charge in [-0.15, -0.1) is 0 Å². The number of carbonyl (C=O) groups is 6. The molecule has 1 heterocycles. The fraction of sp³-hybridized carbons (Fsp3) is 0.440. The molecule has 1 aromatic carbocycles. The Morgan fingerprint density at radius 3 is 2.13 bits per heavy atom. The molecule has 2 rings (SSSR count). The largest absolute Gasteiger partial charge is 0.481 e. The van der Waals surface area contributed by atoms with E-state index in [-0.39, 0.29) is 12.8 Å². The number of para-hydroxylation sites is 1. The zero-order valence-corrected chi connectivity index (χ0v) is 21.6. The maximum Gasteiger partial charge on any atom is 0.326 e. The fourth-order valence-electron chi connectivity index (χ4n) is 3.87. The summed E-state index contributed by atoms with van der Waals surface area (Å²) in [5.41, 5.74) is 12.4. The minimum absolute atomic E-state index is 0.0542. The van der Waals surface area contributed by atoms with Gasteiger partial charge in [-0.1, -0.05) is 32.0 Å². The second-order valence-corrected chi connectivity index (χ2v) is 9.46. The number of carboxylic acid groups (broad SMARTS) is 2. The predicted octanol–water partition coefficient (Wildman–Crippen LogP) is -1.03. The Balaban J connectivity index is 2.31. The number of nitrogens with two attached hydrogens (primary N) is 2. The van der Waals surface area contributed by atoms with Crippen LogP contribution in [0, 0.1) is 5.92 Å². The number of aromatic nitrogens is 1. The number of primary amides is 1. The minimum atomic E-state index is -1.52. The van der Waals surface area contributed by atoms with Crippen LogP contribution in [0.1, 0.15) is 38.7 Å². The normalized spacial score (nSPS) is 14.2. The van der Waals surface area contributed by atoms with Crippen LogP contribution >= 0.6 is 0 Å². The van der Waals surface area contributed by atoms with Gasteiger partial charge in [0.05, 0.1) is 12.5 Å². The smallest absolute Gasteiger partial charge is 0.326 e. The number of carbonyl (C=O) groups excluding carboxylic acids is 4. The zero-order chi connectivity index (χ0) is 29.3. The maximum atomic E-state index is 13.2. The van der Waals surface area contributed by atoms with Crippen LogP contribution in [0.25, 0.3) is 10.9 Å². The van der Waals surface area contributed by atoms with E-state index in [0.29, 0.717) is 5.56 Å². The van der Waals surface area contributed by atoms with Gasteiger partial charge in [-0.05, 0) is 24.0 Å². The van der Waals surface area contributed by atoms with Crippen LogP contribution < -0.4 is 27.4 Å². The maximum absolute atomic E-state index is 13.2. The number of fused-ring (bicyclic) bond motifs is 1. The van der Waals surface area contributed by atoms with E-state index in [1.54, 1.807) is 32.2 Å². The Hall–Kier alpha value is -4.46. The number of hydrogen-bond acceptors (Lipinski definition) is 7. The van der Waals surface area contributed by atoms with Crippen LogP contribution in [-0.4, -0.2) is 74.9 Å². The van der Waals surface area contributed by atoms with Crippen LogP contribution in [0.2, 0.25) is 0 Å². The number of H-pyrrole nitrogens is 1. The third kappa shape index (κ3) is 9.10. The standard InChI is InChI=1S/C25H34N6O8/c1-12(2)21(25(38)39)31-24(37)17(9-13-11-28-16-6-4-3-5-14(13)16)30-23(36)18(10-19(27)32)29-22(35)15(26)7-8-20(33)34/h3-6,11-12,15,17-18,21,28H,7-10,26H2,1-2H3,(H2,27,32)(H,29,35)(H,30,36)(H,31,37)(H,33,34)(H,38,39). The summed E-state index contributed by atoms with van der Waals surface area (Å²) in [5.74, 6) is -6.45. The van der Waals surface area contributed by atoms with Crippen molar-refractivity contribution in [3.63, 3.8) is 0 Å². The van der Waals surface area contributed by atoms with Crippen LogP contribution in [0.4, 0.5) is 0 Å².